The van der Waals surface area contributed by atoms with Crippen LogP contribution in [0.25, 0.3) is 6.08 Å². The molecule has 2 aromatic rings. The van der Waals surface area contributed by atoms with Crippen LogP contribution in [0.1, 0.15) is 11.1 Å². The Labute approximate surface area is 177 Å². The van der Waals surface area contributed by atoms with Gasteiger partial charge in [-0.1, -0.05) is 84.6 Å². The monoisotopic (exact) mass is 426 g/mol. The molecule has 8 heteroatoms. The number of carbonyl (C=O) groups excluding carboxylic acids is 2. The van der Waals surface area contributed by atoms with Crippen molar-refractivity contribution in [1.29, 1.82) is 0 Å². The fourth-order valence-electron chi connectivity index (χ4n) is 2.77. The van der Waals surface area contributed by atoms with Crippen molar-refractivity contribution < 1.29 is 19.5 Å². The van der Waals surface area contributed by atoms with Gasteiger partial charge in [0.2, 0.25) is 5.91 Å². The minimum atomic E-state index is -1.14. The number of hydrogen-bond donors (Lipinski definition) is 2. The molecule has 1 heterocycles. The van der Waals surface area contributed by atoms with Crippen molar-refractivity contribution in [2.75, 3.05) is 6.54 Å². The third-order valence-corrected chi connectivity index (χ3v) is 5.57. The van der Waals surface area contributed by atoms with E-state index in [4.69, 9.17) is 12.2 Å². The van der Waals surface area contributed by atoms with Crippen LogP contribution in [0.4, 0.5) is 0 Å². The van der Waals surface area contributed by atoms with Crippen molar-refractivity contribution in [2.45, 2.75) is 12.5 Å². The molecule has 0 radical (unpaired) electrons. The maximum Gasteiger partial charge on any atom is 0.326 e. The first-order valence-electron chi connectivity index (χ1n) is 8.80. The number of hydrogen-bond acceptors (Lipinski definition) is 5. The van der Waals surface area contributed by atoms with Crippen LogP contribution in [0.3, 0.4) is 0 Å². The van der Waals surface area contributed by atoms with Gasteiger partial charge in [-0.2, -0.15) is 0 Å². The molecule has 1 atom stereocenters. The summed E-state index contributed by atoms with van der Waals surface area (Å²) >= 11 is 6.35. The van der Waals surface area contributed by atoms with Crippen LogP contribution in [-0.4, -0.2) is 44.7 Å². The molecule has 3 rings (SSSR count). The first kappa shape index (κ1) is 20.8. The summed E-state index contributed by atoms with van der Waals surface area (Å²) in [5.74, 6) is -2.09. The summed E-state index contributed by atoms with van der Waals surface area (Å²) in [6, 6.07) is 17.2. The fourth-order valence-corrected chi connectivity index (χ4v) is 4.03. The predicted molar refractivity (Wildman–Crippen MR) is 116 cm³/mol. The quantitative estimate of drug-likeness (QED) is 0.523. The van der Waals surface area contributed by atoms with Crippen LogP contribution in [0.5, 0.6) is 0 Å². The molecule has 1 aliphatic rings. The molecule has 148 valence electrons. The number of carboxylic acids is 1. The molecule has 0 aliphatic carbocycles. The third kappa shape index (κ3) is 5.52. The Morgan fingerprint density at radius 2 is 1.72 bits per heavy atom. The van der Waals surface area contributed by atoms with E-state index in [9.17, 15) is 19.5 Å². The fraction of sp³-hybridized carbons (Fsp3) is 0.143. The molecule has 29 heavy (non-hydrogen) atoms. The second-order valence-corrected chi connectivity index (χ2v) is 8.00. The third-order valence-electron chi connectivity index (χ3n) is 4.19. The number of aliphatic carboxylic acids is 1. The van der Waals surface area contributed by atoms with Gasteiger partial charge in [0, 0.05) is 6.42 Å². The van der Waals surface area contributed by atoms with Gasteiger partial charge in [0.15, 0.2) is 0 Å². The van der Waals surface area contributed by atoms with Crippen molar-refractivity contribution >= 4 is 52.2 Å². The van der Waals surface area contributed by atoms with E-state index in [0.717, 1.165) is 22.9 Å². The molecule has 1 aliphatic heterocycles. The number of nitrogens with zero attached hydrogens (tertiary/aromatic N) is 1. The lowest BCUT2D eigenvalue weighted by Crippen LogP contribution is -2.47. The minimum Gasteiger partial charge on any atom is -0.480 e. The topological polar surface area (TPSA) is 86.7 Å². The SMILES string of the molecule is O=C(CN1C(=O)/C(=C/c2ccccc2)SC1=S)N[C@@H](Cc1ccccc1)C(=O)O. The second-order valence-electron chi connectivity index (χ2n) is 6.33. The van der Waals surface area contributed by atoms with Gasteiger partial charge in [-0.3, -0.25) is 14.5 Å². The molecule has 0 unspecified atom stereocenters. The Balaban J connectivity index is 1.64. The largest absolute Gasteiger partial charge is 0.480 e. The molecule has 2 amide bonds. The zero-order valence-electron chi connectivity index (χ0n) is 15.3. The maximum atomic E-state index is 12.6. The van der Waals surface area contributed by atoms with Crippen molar-refractivity contribution in [3.05, 3.63) is 76.7 Å². The van der Waals surface area contributed by atoms with Gasteiger partial charge < -0.3 is 10.4 Å². The van der Waals surface area contributed by atoms with E-state index in [1.165, 1.54) is 4.90 Å². The Morgan fingerprint density at radius 3 is 2.34 bits per heavy atom. The molecule has 0 bridgehead atoms. The van der Waals surface area contributed by atoms with Gasteiger partial charge in [0.05, 0.1) is 4.91 Å². The summed E-state index contributed by atoms with van der Waals surface area (Å²) in [7, 11) is 0. The normalized spacial score (nSPS) is 16.1. The summed E-state index contributed by atoms with van der Waals surface area (Å²) in [6.45, 7) is -0.324. The molecular weight excluding hydrogens is 408 g/mol. The lowest BCUT2D eigenvalue weighted by Gasteiger charge is -2.18. The number of carboxylic acid groups (broad SMARTS) is 1. The van der Waals surface area contributed by atoms with Crippen molar-refractivity contribution in [3.8, 4) is 0 Å². The Morgan fingerprint density at radius 1 is 1.10 bits per heavy atom. The number of carbonyl (C=O) groups is 3. The molecule has 1 fully saturated rings. The zero-order valence-corrected chi connectivity index (χ0v) is 16.9. The molecule has 6 nitrogen and oxygen atoms in total. The van der Waals surface area contributed by atoms with E-state index in [0.29, 0.717) is 4.91 Å². The second kappa shape index (κ2) is 9.49. The van der Waals surface area contributed by atoms with Crippen molar-refractivity contribution in [2.24, 2.45) is 0 Å². The van der Waals surface area contributed by atoms with Gasteiger partial charge in [0.1, 0.15) is 16.9 Å². The van der Waals surface area contributed by atoms with Gasteiger partial charge in [0.25, 0.3) is 5.91 Å². The molecule has 0 saturated carbocycles. The molecule has 0 spiro atoms. The van der Waals surface area contributed by atoms with Crippen LogP contribution >= 0.6 is 24.0 Å². The van der Waals surface area contributed by atoms with Gasteiger partial charge in [-0.25, -0.2) is 4.79 Å². The number of nitrogens with one attached hydrogen (secondary N) is 1. The van der Waals surface area contributed by atoms with Gasteiger partial charge in [-0.05, 0) is 17.2 Å². The smallest absolute Gasteiger partial charge is 0.326 e. The highest BCUT2D eigenvalue weighted by Gasteiger charge is 2.34. The van der Waals surface area contributed by atoms with Gasteiger partial charge >= 0.3 is 5.97 Å². The lowest BCUT2D eigenvalue weighted by molar-refractivity contribution is -0.142. The molecule has 0 aromatic heterocycles. The first-order valence-corrected chi connectivity index (χ1v) is 10.0. The Kier molecular flexibility index (Phi) is 6.79. The molecule has 2 aromatic carbocycles. The van der Waals surface area contributed by atoms with Crippen molar-refractivity contribution in [1.82, 2.24) is 10.2 Å². The minimum absolute atomic E-state index is 0.147. The van der Waals surface area contributed by atoms with E-state index in [1.54, 1.807) is 30.3 Å². The highest BCUT2D eigenvalue weighted by molar-refractivity contribution is 8.26. The number of thioether (sulfide) groups is 1. The predicted octanol–water partition coefficient (Wildman–Crippen LogP) is 2.70. The van der Waals surface area contributed by atoms with Crippen LogP contribution < -0.4 is 5.32 Å². The summed E-state index contributed by atoms with van der Waals surface area (Å²) in [5.41, 5.74) is 1.64. The maximum absolute atomic E-state index is 12.6. The van der Waals surface area contributed by atoms with Crippen LogP contribution in [0.15, 0.2) is 65.6 Å². The van der Waals surface area contributed by atoms with E-state index in [2.05, 4.69) is 5.32 Å². The van der Waals surface area contributed by atoms with Crippen LogP contribution in [-0.2, 0) is 20.8 Å². The standard InChI is InChI=1S/C21H18N2O4S2/c24-18(22-16(20(26)27)11-14-7-3-1-4-8-14)13-23-19(25)17(29-21(23)28)12-15-9-5-2-6-10-15/h1-10,12,16H,11,13H2,(H,22,24)(H,26,27)/b17-12-/t16-/m0/s1. The highest BCUT2D eigenvalue weighted by atomic mass is 32.2. The average Bonchev–Trinajstić information content (AvgIpc) is 2.96. The van der Waals surface area contributed by atoms with E-state index >= 15 is 0 Å². The first-order chi connectivity index (χ1) is 13.9. The number of rotatable bonds is 7. The number of benzene rings is 2. The Hall–Kier alpha value is -2.97. The lowest BCUT2D eigenvalue weighted by atomic mass is 10.1. The van der Waals surface area contributed by atoms with E-state index in [1.807, 2.05) is 36.4 Å². The van der Waals surface area contributed by atoms with E-state index in [-0.39, 0.29) is 23.2 Å². The molecule has 1 saturated heterocycles. The van der Waals surface area contributed by atoms with Crippen molar-refractivity contribution in [3.63, 3.8) is 0 Å². The van der Waals surface area contributed by atoms with Crippen LogP contribution in [0, 0.1) is 0 Å². The zero-order chi connectivity index (χ0) is 20.8. The molecular formula is C21H18N2O4S2. The molecule has 2 N–H and O–H groups in total. The number of amides is 2. The van der Waals surface area contributed by atoms with Crippen LogP contribution in [0.2, 0.25) is 0 Å². The average molecular weight is 427 g/mol. The highest BCUT2D eigenvalue weighted by Crippen LogP contribution is 2.32. The Bertz CT molecular complexity index is 961. The summed E-state index contributed by atoms with van der Waals surface area (Å²) in [5, 5.41) is 11.9. The van der Waals surface area contributed by atoms with Gasteiger partial charge in [-0.15, -0.1) is 0 Å². The summed E-state index contributed by atoms with van der Waals surface area (Å²) in [4.78, 5) is 38.2. The number of thiocarbonyl (C=S) groups is 1. The summed E-state index contributed by atoms with van der Waals surface area (Å²) in [6.07, 6.45) is 1.86. The summed E-state index contributed by atoms with van der Waals surface area (Å²) < 4.78 is 0.266. The van der Waals surface area contributed by atoms with E-state index < -0.39 is 17.9 Å².